The second-order valence-electron chi connectivity index (χ2n) is 8.73. The average Bonchev–Trinajstić information content (AvgIpc) is 2.96. The van der Waals surface area contributed by atoms with E-state index in [1.807, 2.05) is 24.3 Å². The Morgan fingerprint density at radius 2 is 1.43 bits per heavy atom. The third kappa shape index (κ3) is 4.82. The molecule has 4 aromatic rings. The zero-order valence-corrected chi connectivity index (χ0v) is 20.6. The molecule has 3 aromatic carbocycles. The van der Waals surface area contributed by atoms with Crippen LogP contribution in [0.4, 0.5) is 4.39 Å². The summed E-state index contributed by atoms with van der Waals surface area (Å²) >= 11 is 0. The minimum atomic E-state index is -0.332. The van der Waals surface area contributed by atoms with Crippen LogP contribution in [-0.2, 0) is 0 Å². The number of rotatable bonds is 5. The molecule has 2 amide bonds. The van der Waals surface area contributed by atoms with Gasteiger partial charge in [-0.05, 0) is 54.6 Å². The lowest BCUT2D eigenvalue weighted by atomic mass is 10.0. The summed E-state index contributed by atoms with van der Waals surface area (Å²) in [7, 11) is 3.07. The maximum absolute atomic E-state index is 13.7. The normalized spacial score (nSPS) is 13.5. The molecular formula is C29H26FN3O4. The predicted molar refractivity (Wildman–Crippen MR) is 138 cm³/mol. The molecule has 0 saturated carbocycles. The van der Waals surface area contributed by atoms with Gasteiger partial charge in [-0.25, -0.2) is 9.37 Å². The third-order valence-electron chi connectivity index (χ3n) is 6.57. The van der Waals surface area contributed by atoms with Crippen LogP contribution in [0.5, 0.6) is 11.5 Å². The van der Waals surface area contributed by atoms with Gasteiger partial charge in [0.05, 0.1) is 31.0 Å². The predicted octanol–water partition coefficient (Wildman–Crippen LogP) is 4.66. The number of halogens is 1. The first-order valence-electron chi connectivity index (χ1n) is 11.9. The summed E-state index contributed by atoms with van der Waals surface area (Å²) in [6.07, 6.45) is 0. The van der Waals surface area contributed by atoms with Crippen LogP contribution in [-0.4, -0.2) is 67.0 Å². The van der Waals surface area contributed by atoms with E-state index in [1.54, 1.807) is 53.3 Å². The molecule has 1 aliphatic rings. The molecule has 0 unspecified atom stereocenters. The van der Waals surface area contributed by atoms with Gasteiger partial charge in [-0.15, -0.1) is 0 Å². The molecule has 1 aliphatic heterocycles. The first-order valence-corrected chi connectivity index (χ1v) is 11.9. The SMILES string of the molecule is COc1ccc(C(=O)N2CCN(C(=O)c3cc(-c4ccc(F)cc4)nc4ccccc34)CC2)cc1OC. The van der Waals surface area contributed by atoms with Gasteiger partial charge in [0.1, 0.15) is 5.82 Å². The van der Waals surface area contributed by atoms with Crippen LogP contribution in [0.15, 0.2) is 72.8 Å². The summed E-state index contributed by atoms with van der Waals surface area (Å²) in [6, 6.07) is 20.4. The quantitative estimate of drug-likeness (QED) is 0.400. The number of para-hydroxylation sites is 1. The van der Waals surface area contributed by atoms with E-state index in [1.165, 1.54) is 19.2 Å². The standard InChI is InChI=1S/C29H26FN3O4/c1-36-26-12-9-20(17-27(26)37-2)28(34)32-13-15-33(16-14-32)29(35)23-18-25(19-7-10-21(30)11-8-19)31-24-6-4-3-5-22(23)24/h3-12,17-18H,13-16H2,1-2H3. The minimum Gasteiger partial charge on any atom is -0.493 e. The van der Waals surface area contributed by atoms with Crippen molar-refractivity contribution in [3.63, 3.8) is 0 Å². The number of hydrogen-bond acceptors (Lipinski definition) is 5. The molecule has 7 nitrogen and oxygen atoms in total. The van der Waals surface area contributed by atoms with E-state index >= 15 is 0 Å². The summed E-state index contributed by atoms with van der Waals surface area (Å²) in [5.41, 5.74) is 3.05. The summed E-state index contributed by atoms with van der Waals surface area (Å²) in [5.74, 6) is 0.463. The number of carbonyl (C=O) groups is 2. The van der Waals surface area contributed by atoms with Gasteiger partial charge in [0.15, 0.2) is 11.5 Å². The Balaban J connectivity index is 1.36. The molecule has 0 aliphatic carbocycles. The van der Waals surface area contributed by atoms with Gasteiger partial charge in [-0.1, -0.05) is 18.2 Å². The fraction of sp³-hybridized carbons (Fsp3) is 0.207. The molecule has 5 rings (SSSR count). The maximum Gasteiger partial charge on any atom is 0.254 e. The molecule has 0 radical (unpaired) electrons. The van der Waals surface area contributed by atoms with Crippen molar-refractivity contribution < 1.29 is 23.5 Å². The molecule has 8 heteroatoms. The lowest BCUT2D eigenvalue weighted by molar-refractivity contribution is 0.0536. The molecular weight excluding hydrogens is 473 g/mol. The summed E-state index contributed by atoms with van der Waals surface area (Å²) in [4.78, 5) is 34.9. The van der Waals surface area contributed by atoms with Gasteiger partial charge in [-0.2, -0.15) is 0 Å². The fourth-order valence-electron chi connectivity index (χ4n) is 4.56. The van der Waals surface area contributed by atoms with Gasteiger partial charge in [0.2, 0.25) is 0 Å². The highest BCUT2D eigenvalue weighted by Crippen LogP contribution is 2.29. The molecule has 37 heavy (non-hydrogen) atoms. The number of benzene rings is 3. The van der Waals surface area contributed by atoms with Gasteiger partial charge < -0.3 is 19.3 Å². The topological polar surface area (TPSA) is 72.0 Å². The Labute approximate surface area is 214 Å². The van der Waals surface area contributed by atoms with Crippen molar-refractivity contribution in [1.29, 1.82) is 0 Å². The van der Waals surface area contributed by atoms with Crippen LogP contribution in [0.1, 0.15) is 20.7 Å². The second-order valence-corrected chi connectivity index (χ2v) is 8.73. The molecule has 2 heterocycles. The maximum atomic E-state index is 13.7. The van der Waals surface area contributed by atoms with E-state index in [-0.39, 0.29) is 17.6 Å². The molecule has 1 aromatic heterocycles. The van der Waals surface area contributed by atoms with Crippen LogP contribution < -0.4 is 9.47 Å². The van der Waals surface area contributed by atoms with E-state index in [0.717, 1.165) is 10.9 Å². The van der Waals surface area contributed by atoms with Gasteiger partial charge >= 0.3 is 0 Å². The van der Waals surface area contributed by atoms with Crippen molar-refractivity contribution in [2.45, 2.75) is 0 Å². The van der Waals surface area contributed by atoms with Crippen molar-refractivity contribution in [3.05, 3.63) is 89.7 Å². The Morgan fingerprint density at radius 3 is 2.11 bits per heavy atom. The highest BCUT2D eigenvalue weighted by Gasteiger charge is 2.27. The first-order chi connectivity index (χ1) is 18.0. The Hall–Kier alpha value is -4.46. The van der Waals surface area contributed by atoms with Gasteiger partial charge in [-0.3, -0.25) is 9.59 Å². The number of ether oxygens (including phenoxy) is 2. The molecule has 1 saturated heterocycles. The zero-order chi connectivity index (χ0) is 25.9. The summed E-state index contributed by atoms with van der Waals surface area (Å²) in [6.45, 7) is 1.63. The van der Waals surface area contributed by atoms with Crippen LogP contribution in [0.3, 0.4) is 0 Å². The lowest BCUT2D eigenvalue weighted by Gasteiger charge is -2.35. The molecule has 0 N–H and O–H groups in total. The van der Waals surface area contributed by atoms with Crippen LogP contribution >= 0.6 is 0 Å². The van der Waals surface area contributed by atoms with E-state index in [4.69, 9.17) is 14.5 Å². The van der Waals surface area contributed by atoms with Crippen molar-refractivity contribution in [3.8, 4) is 22.8 Å². The van der Waals surface area contributed by atoms with Crippen LogP contribution in [0, 0.1) is 5.82 Å². The van der Waals surface area contributed by atoms with Crippen molar-refractivity contribution in [1.82, 2.24) is 14.8 Å². The largest absolute Gasteiger partial charge is 0.493 e. The van der Waals surface area contributed by atoms with Gasteiger partial charge in [0.25, 0.3) is 11.8 Å². The van der Waals surface area contributed by atoms with E-state index in [9.17, 15) is 14.0 Å². The number of hydrogen-bond donors (Lipinski definition) is 0. The lowest BCUT2D eigenvalue weighted by Crippen LogP contribution is -2.50. The van der Waals surface area contributed by atoms with Crippen LogP contribution in [0.2, 0.25) is 0 Å². The average molecular weight is 500 g/mol. The number of aromatic nitrogens is 1. The smallest absolute Gasteiger partial charge is 0.254 e. The highest BCUT2D eigenvalue weighted by molar-refractivity contribution is 6.07. The monoisotopic (exact) mass is 499 g/mol. The second kappa shape index (κ2) is 10.3. The molecule has 188 valence electrons. The number of amides is 2. The number of piperazine rings is 1. The molecule has 1 fully saturated rings. The number of carbonyl (C=O) groups excluding carboxylic acids is 2. The number of pyridine rings is 1. The first kappa shape index (κ1) is 24.2. The van der Waals surface area contributed by atoms with Crippen molar-refractivity contribution in [2.24, 2.45) is 0 Å². The molecule has 0 atom stereocenters. The third-order valence-corrected chi connectivity index (χ3v) is 6.57. The Bertz CT molecular complexity index is 1460. The van der Waals surface area contributed by atoms with Gasteiger partial charge in [0, 0.05) is 42.7 Å². The fourth-order valence-corrected chi connectivity index (χ4v) is 4.56. The number of fused-ring (bicyclic) bond motifs is 1. The van der Waals surface area contributed by atoms with Crippen LogP contribution in [0.25, 0.3) is 22.2 Å². The molecule has 0 bridgehead atoms. The van der Waals surface area contributed by atoms with E-state index in [2.05, 4.69) is 0 Å². The number of methoxy groups -OCH3 is 2. The number of nitrogens with zero attached hydrogens (tertiary/aromatic N) is 3. The Morgan fingerprint density at radius 1 is 0.784 bits per heavy atom. The summed E-state index contributed by atoms with van der Waals surface area (Å²) < 4.78 is 24.0. The van der Waals surface area contributed by atoms with E-state index < -0.39 is 0 Å². The summed E-state index contributed by atoms with van der Waals surface area (Å²) in [5, 5.41) is 0.752. The Kier molecular flexibility index (Phi) is 6.72. The van der Waals surface area contributed by atoms with Crippen molar-refractivity contribution >= 4 is 22.7 Å². The minimum absolute atomic E-state index is 0.124. The zero-order valence-electron chi connectivity index (χ0n) is 20.6. The van der Waals surface area contributed by atoms with E-state index in [0.29, 0.717) is 60.0 Å². The van der Waals surface area contributed by atoms with Crippen molar-refractivity contribution in [2.75, 3.05) is 40.4 Å². The highest BCUT2D eigenvalue weighted by atomic mass is 19.1. The molecule has 0 spiro atoms.